The number of thioether (sulfide) groups is 1. The number of nitrogens with one attached hydrogen (secondary N) is 1. The predicted octanol–water partition coefficient (Wildman–Crippen LogP) is 2.87. The smallest absolute Gasteiger partial charge is 0.240 e. The highest BCUT2D eigenvalue weighted by molar-refractivity contribution is 7.99. The Morgan fingerprint density at radius 2 is 1.95 bits per heavy atom. The fourth-order valence-corrected chi connectivity index (χ4v) is 4.59. The van der Waals surface area contributed by atoms with Crippen molar-refractivity contribution in [2.24, 2.45) is 0 Å². The molecule has 0 amide bonds. The van der Waals surface area contributed by atoms with Gasteiger partial charge in [-0.05, 0) is 50.1 Å². The molecule has 2 rings (SSSR count). The van der Waals surface area contributed by atoms with Gasteiger partial charge in [-0.1, -0.05) is 11.6 Å². The van der Waals surface area contributed by atoms with Gasteiger partial charge < -0.3 is 5.73 Å². The van der Waals surface area contributed by atoms with Gasteiger partial charge in [0.05, 0.1) is 15.6 Å². The number of anilines is 1. The minimum atomic E-state index is -3.52. The highest BCUT2D eigenvalue weighted by atomic mass is 35.5. The van der Waals surface area contributed by atoms with Crippen LogP contribution in [0.3, 0.4) is 0 Å². The molecule has 3 N–H and O–H groups in total. The highest BCUT2D eigenvalue weighted by Crippen LogP contribution is 2.28. The summed E-state index contributed by atoms with van der Waals surface area (Å²) >= 11 is 7.67. The van der Waals surface area contributed by atoms with E-state index >= 15 is 0 Å². The van der Waals surface area contributed by atoms with Gasteiger partial charge in [0.25, 0.3) is 0 Å². The van der Waals surface area contributed by atoms with Gasteiger partial charge in [0.15, 0.2) is 0 Å². The Morgan fingerprint density at radius 3 is 2.50 bits per heavy atom. The van der Waals surface area contributed by atoms with E-state index in [4.69, 9.17) is 17.3 Å². The lowest BCUT2D eigenvalue weighted by Gasteiger charge is -2.27. The van der Waals surface area contributed by atoms with Crippen LogP contribution in [0.25, 0.3) is 0 Å². The highest BCUT2D eigenvalue weighted by Gasteiger charge is 2.25. The van der Waals surface area contributed by atoms with Crippen molar-refractivity contribution in [3.63, 3.8) is 0 Å². The third-order valence-corrected chi connectivity index (χ3v) is 6.61. The molecular formula is C13H19ClN2O2S2. The number of rotatable bonds is 4. The molecule has 0 unspecified atom stereocenters. The molecule has 0 aromatic heterocycles. The molecule has 4 nitrogen and oxygen atoms in total. The standard InChI is InChI=1S/C13H19ClN2O2S2/c1-19-10-4-2-9(3-5-10)16-20(17,18)11-6-7-12(14)13(15)8-11/h6-10,16H,2-5,15H2,1H3. The summed E-state index contributed by atoms with van der Waals surface area (Å²) in [6.07, 6.45) is 5.97. The second-order valence-corrected chi connectivity index (χ2v) is 8.27. The maximum atomic E-state index is 12.3. The van der Waals surface area contributed by atoms with Crippen LogP contribution in [0.5, 0.6) is 0 Å². The van der Waals surface area contributed by atoms with Crippen molar-refractivity contribution in [2.45, 2.75) is 41.9 Å². The number of hydrogen-bond acceptors (Lipinski definition) is 4. The van der Waals surface area contributed by atoms with Crippen molar-refractivity contribution in [2.75, 3.05) is 12.0 Å². The average Bonchev–Trinajstić information content (AvgIpc) is 2.42. The Hall–Kier alpha value is -0.430. The molecule has 1 aliphatic rings. The number of nitrogen functional groups attached to an aromatic ring is 1. The molecule has 1 aromatic carbocycles. The van der Waals surface area contributed by atoms with Crippen LogP contribution in [0.2, 0.25) is 5.02 Å². The van der Waals surface area contributed by atoms with Crippen molar-refractivity contribution in [1.82, 2.24) is 4.72 Å². The molecule has 0 saturated heterocycles. The van der Waals surface area contributed by atoms with E-state index < -0.39 is 10.0 Å². The van der Waals surface area contributed by atoms with E-state index in [0.29, 0.717) is 10.3 Å². The second-order valence-electron chi connectivity index (χ2n) is 5.01. The van der Waals surface area contributed by atoms with E-state index in [0.717, 1.165) is 25.7 Å². The summed E-state index contributed by atoms with van der Waals surface area (Å²) in [6.45, 7) is 0. The Kier molecular flexibility index (Phi) is 5.23. The molecular weight excluding hydrogens is 316 g/mol. The van der Waals surface area contributed by atoms with Crippen LogP contribution in [0, 0.1) is 0 Å². The predicted molar refractivity (Wildman–Crippen MR) is 85.7 cm³/mol. The summed E-state index contributed by atoms with van der Waals surface area (Å²) in [6, 6.07) is 4.41. The van der Waals surface area contributed by atoms with Gasteiger partial charge in [0, 0.05) is 11.3 Å². The maximum absolute atomic E-state index is 12.3. The van der Waals surface area contributed by atoms with Crippen LogP contribution in [-0.4, -0.2) is 26.0 Å². The van der Waals surface area contributed by atoms with Gasteiger partial charge in [-0.25, -0.2) is 13.1 Å². The molecule has 1 aromatic rings. The lowest BCUT2D eigenvalue weighted by atomic mass is 9.96. The summed E-state index contributed by atoms with van der Waals surface area (Å²) in [5.41, 5.74) is 5.94. The summed E-state index contributed by atoms with van der Waals surface area (Å²) in [5.74, 6) is 0. The van der Waals surface area contributed by atoms with Crippen molar-refractivity contribution in [3.05, 3.63) is 23.2 Å². The molecule has 1 fully saturated rings. The molecule has 0 bridgehead atoms. The summed E-state index contributed by atoms with van der Waals surface area (Å²) in [4.78, 5) is 0.173. The fourth-order valence-electron chi connectivity index (χ4n) is 2.39. The van der Waals surface area contributed by atoms with Gasteiger partial charge in [-0.3, -0.25) is 0 Å². The third-order valence-electron chi connectivity index (χ3n) is 3.61. The van der Waals surface area contributed by atoms with E-state index in [1.165, 1.54) is 18.2 Å². The lowest BCUT2D eigenvalue weighted by molar-refractivity contribution is 0.420. The first-order valence-electron chi connectivity index (χ1n) is 6.52. The molecule has 112 valence electrons. The van der Waals surface area contributed by atoms with Gasteiger partial charge in [0.2, 0.25) is 10.0 Å². The Labute approximate surface area is 129 Å². The Morgan fingerprint density at radius 1 is 1.30 bits per heavy atom. The molecule has 0 heterocycles. The van der Waals surface area contributed by atoms with Crippen molar-refractivity contribution >= 4 is 39.1 Å². The quantitative estimate of drug-likeness (QED) is 0.830. The van der Waals surface area contributed by atoms with Crippen LogP contribution >= 0.6 is 23.4 Å². The van der Waals surface area contributed by atoms with Gasteiger partial charge in [-0.2, -0.15) is 11.8 Å². The van der Waals surface area contributed by atoms with Crippen LogP contribution in [-0.2, 0) is 10.0 Å². The topological polar surface area (TPSA) is 72.2 Å². The third kappa shape index (κ3) is 3.81. The Balaban J connectivity index is 2.06. The monoisotopic (exact) mass is 334 g/mol. The molecule has 0 atom stereocenters. The minimum Gasteiger partial charge on any atom is -0.397 e. The van der Waals surface area contributed by atoms with Crippen LogP contribution in [0.4, 0.5) is 5.69 Å². The summed E-state index contributed by atoms with van der Waals surface area (Å²) < 4.78 is 27.4. The number of benzene rings is 1. The van der Waals surface area contributed by atoms with E-state index in [9.17, 15) is 8.42 Å². The SMILES string of the molecule is CSC1CCC(NS(=O)(=O)c2ccc(Cl)c(N)c2)CC1. The van der Waals surface area contributed by atoms with E-state index in [1.54, 1.807) is 0 Å². The average molecular weight is 335 g/mol. The van der Waals surface area contributed by atoms with Crippen molar-refractivity contribution < 1.29 is 8.42 Å². The number of hydrogen-bond donors (Lipinski definition) is 2. The van der Waals surface area contributed by atoms with Gasteiger partial charge >= 0.3 is 0 Å². The molecule has 0 spiro atoms. The fraction of sp³-hybridized carbons (Fsp3) is 0.538. The molecule has 0 radical (unpaired) electrons. The molecule has 1 aliphatic carbocycles. The zero-order valence-electron chi connectivity index (χ0n) is 11.3. The largest absolute Gasteiger partial charge is 0.397 e. The van der Waals surface area contributed by atoms with Crippen LogP contribution < -0.4 is 10.5 Å². The number of sulfonamides is 1. The number of halogens is 1. The van der Waals surface area contributed by atoms with Crippen LogP contribution in [0.1, 0.15) is 25.7 Å². The lowest BCUT2D eigenvalue weighted by Crippen LogP contribution is -2.38. The second kappa shape index (κ2) is 6.56. The summed E-state index contributed by atoms with van der Waals surface area (Å²) in [7, 11) is -3.52. The van der Waals surface area contributed by atoms with E-state index in [-0.39, 0.29) is 16.6 Å². The maximum Gasteiger partial charge on any atom is 0.240 e. The van der Waals surface area contributed by atoms with E-state index in [2.05, 4.69) is 11.0 Å². The zero-order chi connectivity index (χ0) is 14.8. The number of nitrogens with two attached hydrogens (primary N) is 1. The first-order chi connectivity index (χ1) is 9.42. The zero-order valence-corrected chi connectivity index (χ0v) is 13.7. The Bertz CT molecular complexity index is 570. The summed E-state index contributed by atoms with van der Waals surface area (Å²) in [5, 5.41) is 1.02. The van der Waals surface area contributed by atoms with E-state index in [1.807, 2.05) is 11.8 Å². The molecule has 7 heteroatoms. The molecule has 0 aliphatic heterocycles. The van der Waals surface area contributed by atoms with Crippen molar-refractivity contribution in [1.29, 1.82) is 0 Å². The minimum absolute atomic E-state index is 0.0142. The molecule has 20 heavy (non-hydrogen) atoms. The van der Waals surface area contributed by atoms with Crippen molar-refractivity contribution in [3.8, 4) is 0 Å². The first-order valence-corrected chi connectivity index (χ1v) is 9.67. The van der Waals surface area contributed by atoms with Crippen LogP contribution in [0.15, 0.2) is 23.1 Å². The molecule has 1 saturated carbocycles. The van der Waals surface area contributed by atoms with Gasteiger partial charge in [-0.15, -0.1) is 0 Å². The first kappa shape index (κ1) is 15.9. The normalized spacial score (nSPS) is 23.7. The van der Waals surface area contributed by atoms with Gasteiger partial charge in [0.1, 0.15) is 0 Å².